The van der Waals surface area contributed by atoms with Gasteiger partial charge in [-0.15, -0.1) is 0 Å². The largest absolute Gasteiger partial charge is 0.314 e. The van der Waals surface area contributed by atoms with E-state index in [9.17, 15) is 4.79 Å². The number of nitrogens with zero attached hydrogens (tertiary/aromatic N) is 1. The van der Waals surface area contributed by atoms with Crippen molar-refractivity contribution in [1.82, 2.24) is 5.32 Å². The summed E-state index contributed by atoms with van der Waals surface area (Å²) in [4.78, 5) is 14.8. The number of hydrogen-bond donors (Lipinski definition) is 1. The maximum Gasteiger partial charge on any atom is 0.230 e. The lowest BCUT2D eigenvalue weighted by Gasteiger charge is -2.32. The van der Waals surface area contributed by atoms with Gasteiger partial charge < -0.3 is 10.2 Å². The van der Waals surface area contributed by atoms with Gasteiger partial charge in [-0.2, -0.15) is 0 Å². The van der Waals surface area contributed by atoms with Crippen LogP contribution in [0.1, 0.15) is 39.5 Å². The molecule has 0 spiro atoms. The van der Waals surface area contributed by atoms with Gasteiger partial charge in [-0.25, -0.2) is 0 Å². The molecule has 1 aliphatic heterocycles. The summed E-state index contributed by atoms with van der Waals surface area (Å²) in [5, 5.41) is 3.42. The van der Waals surface area contributed by atoms with Crippen LogP contribution in [-0.2, 0) is 4.79 Å². The highest BCUT2D eigenvalue weighted by Crippen LogP contribution is 2.23. The fraction of sp³-hybridized carbons (Fsp3) is 0.588. The Morgan fingerprint density at radius 1 is 1.35 bits per heavy atom. The summed E-state index contributed by atoms with van der Waals surface area (Å²) in [6.07, 6.45) is 4.08. The second-order valence-electron chi connectivity index (χ2n) is 5.76. The number of benzene rings is 1. The average molecular weight is 274 g/mol. The molecular weight excluding hydrogens is 248 g/mol. The summed E-state index contributed by atoms with van der Waals surface area (Å²) in [7, 11) is 0. The molecule has 1 amide bonds. The Bertz CT molecular complexity index is 418. The maximum atomic E-state index is 12.8. The summed E-state index contributed by atoms with van der Waals surface area (Å²) < 4.78 is 0. The lowest BCUT2D eigenvalue weighted by Crippen LogP contribution is -2.44. The van der Waals surface area contributed by atoms with Gasteiger partial charge in [0.2, 0.25) is 5.91 Å². The van der Waals surface area contributed by atoms with Crippen molar-refractivity contribution >= 4 is 11.6 Å². The molecule has 1 aliphatic rings. The van der Waals surface area contributed by atoms with Crippen LogP contribution >= 0.6 is 0 Å². The van der Waals surface area contributed by atoms with Crippen molar-refractivity contribution in [3.63, 3.8) is 0 Å². The highest BCUT2D eigenvalue weighted by Gasteiger charge is 2.28. The molecule has 3 nitrogen and oxygen atoms in total. The quantitative estimate of drug-likeness (QED) is 0.894. The second-order valence-corrected chi connectivity index (χ2v) is 5.76. The third-order valence-electron chi connectivity index (χ3n) is 4.04. The fourth-order valence-corrected chi connectivity index (χ4v) is 2.87. The molecule has 0 radical (unpaired) electrons. The van der Waals surface area contributed by atoms with Gasteiger partial charge in [0.25, 0.3) is 0 Å². The van der Waals surface area contributed by atoms with Crippen molar-refractivity contribution in [3.05, 3.63) is 30.3 Å². The fourth-order valence-electron chi connectivity index (χ4n) is 2.87. The monoisotopic (exact) mass is 274 g/mol. The van der Waals surface area contributed by atoms with Crippen LogP contribution in [0.5, 0.6) is 0 Å². The normalized spacial score (nSPS) is 22.5. The molecule has 2 rings (SSSR count). The van der Waals surface area contributed by atoms with Gasteiger partial charge in [0.1, 0.15) is 0 Å². The molecule has 2 atom stereocenters. The minimum atomic E-state index is 0.170. The van der Waals surface area contributed by atoms with Crippen LogP contribution in [-0.4, -0.2) is 25.0 Å². The first-order chi connectivity index (χ1) is 9.72. The molecule has 1 heterocycles. The zero-order valence-electron chi connectivity index (χ0n) is 12.6. The number of anilines is 1. The van der Waals surface area contributed by atoms with E-state index in [-0.39, 0.29) is 5.92 Å². The molecule has 1 aromatic carbocycles. The van der Waals surface area contributed by atoms with Crippen molar-refractivity contribution in [1.29, 1.82) is 0 Å². The predicted octanol–water partition coefficient (Wildman–Crippen LogP) is 3.21. The molecule has 3 heteroatoms. The van der Waals surface area contributed by atoms with Crippen LogP contribution in [0.15, 0.2) is 30.3 Å². The molecule has 0 saturated carbocycles. The van der Waals surface area contributed by atoms with Crippen LogP contribution in [0.25, 0.3) is 0 Å². The summed E-state index contributed by atoms with van der Waals surface area (Å²) in [6, 6.07) is 10.5. The SMILES string of the molecule is CCCCN(C(=O)[C@H]1CCN[C@@H](C)C1)c1ccccc1. The Balaban J connectivity index is 2.11. The highest BCUT2D eigenvalue weighted by molar-refractivity contribution is 5.95. The first-order valence-electron chi connectivity index (χ1n) is 7.82. The number of rotatable bonds is 5. The average Bonchev–Trinajstić information content (AvgIpc) is 2.48. The van der Waals surface area contributed by atoms with Crippen LogP contribution < -0.4 is 10.2 Å². The van der Waals surface area contributed by atoms with Gasteiger partial charge in [0.05, 0.1) is 0 Å². The standard InChI is InChI=1S/C17H26N2O/c1-3-4-12-19(16-8-6-5-7-9-16)17(20)15-10-11-18-14(2)13-15/h5-9,14-15,18H,3-4,10-13H2,1-2H3/t14-,15-/m0/s1. The predicted molar refractivity (Wildman–Crippen MR) is 83.9 cm³/mol. The molecular formula is C17H26N2O. The van der Waals surface area contributed by atoms with Crippen LogP contribution in [0.3, 0.4) is 0 Å². The summed E-state index contributed by atoms with van der Waals surface area (Å²) >= 11 is 0. The van der Waals surface area contributed by atoms with E-state index in [2.05, 4.69) is 19.2 Å². The van der Waals surface area contributed by atoms with E-state index in [0.717, 1.165) is 44.5 Å². The van der Waals surface area contributed by atoms with E-state index in [0.29, 0.717) is 11.9 Å². The maximum absolute atomic E-state index is 12.8. The zero-order chi connectivity index (χ0) is 14.4. The summed E-state index contributed by atoms with van der Waals surface area (Å²) in [5.74, 6) is 0.473. The minimum absolute atomic E-state index is 0.170. The number of unbranched alkanes of at least 4 members (excludes halogenated alkanes) is 1. The number of amides is 1. The van der Waals surface area contributed by atoms with E-state index in [4.69, 9.17) is 0 Å². The lowest BCUT2D eigenvalue weighted by atomic mass is 9.91. The smallest absolute Gasteiger partial charge is 0.230 e. The Labute approximate surface area is 122 Å². The minimum Gasteiger partial charge on any atom is -0.314 e. The van der Waals surface area contributed by atoms with Crippen molar-refractivity contribution in [2.75, 3.05) is 18.0 Å². The van der Waals surface area contributed by atoms with Gasteiger partial charge in [-0.05, 0) is 44.9 Å². The first-order valence-corrected chi connectivity index (χ1v) is 7.82. The van der Waals surface area contributed by atoms with Crippen LogP contribution in [0, 0.1) is 5.92 Å². The number of piperidine rings is 1. The molecule has 1 N–H and O–H groups in total. The number of nitrogens with one attached hydrogen (secondary N) is 1. The third-order valence-corrected chi connectivity index (χ3v) is 4.04. The summed E-state index contributed by atoms with van der Waals surface area (Å²) in [6.45, 7) is 6.12. The van der Waals surface area contributed by atoms with Crippen LogP contribution in [0.4, 0.5) is 5.69 Å². The molecule has 0 aromatic heterocycles. The number of para-hydroxylation sites is 1. The van der Waals surface area contributed by atoms with Crippen molar-refractivity contribution < 1.29 is 4.79 Å². The number of carbonyl (C=O) groups is 1. The molecule has 0 unspecified atom stereocenters. The molecule has 110 valence electrons. The topological polar surface area (TPSA) is 32.3 Å². The van der Waals surface area contributed by atoms with Gasteiger partial charge >= 0.3 is 0 Å². The Hall–Kier alpha value is -1.35. The van der Waals surface area contributed by atoms with E-state index in [1.165, 1.54) is 0 Å². The molecule has 0 bridgehead atoms. The summed E-state index contributed by atoms with van der Waals surface area (Å²) in [5.41, 5.74) is 1.04. The van der Waals surface area contributed by atoms with E-state index >= 15 is 0 Å². The molecule has 0 aliphatic carbocycles. The van der Waals surface area contributed by atoms with Crippen molar-refractivity contribution in [3.8, 4) is 0 Å². The molecule has 1 fully saturated rings. The zero-order valence-corrected chi connectivity index (χ0v) is 12.6. The third kappa shape index (κ3) is 3.83. The van der Waals surface area contributed by atoms with Crippen molar-refractivity contribution in [2.24, 2.45) is 5.92 Å². The molecule has 1 saturated heterocycles. The molecule has 20 heavy (non-hydrogen) atoms. The lowest BCUT2D eigenvalue weighted by molar-refractivity contribution is -0.123. The van der Waals surface area contributed by atoms with E-state index in [1.807, 2.05) is 35.2 Å². The van der Waals surface area contributed by atoms with Gasteiger partial charge in [-0.3, -0.25) is 4.79 Å². The van der Waals surface area contributed by atoms with Crippen LogP contribution in [0.2, 0.25) is 0 Å². The number of hydrogen-bond acceptors (Lipinski definition) is 2. The molecule has 1 aromatic rings. The Kier molecular flexibility index (Phi) is 5.60. The van der Waals surface area contributed by atoms with Gasteiger partial charge in [0, 0.05) is 24.2 Å². The van der Waals surface area contributed by atoms with Crippen molar-refractivity contribution in [2.45, 2.75) is 45.6 Å². The van der Waals surface area contributed by atoms with E-state index in [1.54, 1.807) is 0 Å². The Morgan fingerprint density at radius 2 is 2.10 bits per heavy atom. The Morgan fingerprint density at radius 3 is 2.75 bits per heavy atom. The highest BCUT2D eigenvalue weighted by atomic mass is 16.2. The van der Waals surface area contributed by atoms with Gasteiger partial charge in [0.15, 0.2) is 0 Å². The number of carbonyl (C=O) groups excluding carboxylic acids is 1. The second kappa shape index (κ2) is 7.44. The first kappa shape index (κ1) is 15.0. The van der Waals surface area contributed by atoms with Gasteiger partial charge in [-0.1, -0.05) is 31.5 Å². The van der Waals surface area contributed by atoms with E-state index < -0.39 is 0 Å².